The number of thioether (sulfide) groups is 1. The van der Waals surface area contributed by atoms with Gasteiger partial charge in [0.25, 0.3) is 0 Å². The number of hydrogen-bond donors (Lipinski definition) is 1. The van der Waals surface area contributed by atoms with Crippen LogP contribution in [0, 0.1) is 0 Å². The summed E-state index contributed by atoms with van der Waals surface area (Å²) in [5.74, 6) is 0.863. The number of benzene rings is 1. The molecule has 0 amide bonds. The molecular formula is C13H16BrNO2S. The molecule has 0 aliphatic carbocycles. The van der Waals surface area contributed by atoms with E-state index >= 15 is 0 Å². The zero-order valence-electron chi connectivity index (χ0n) is 10.6. The van der Waals surface area contributed by atoms with E-state index < -0.39 is 0 Å². The van der Waals surface area contributed by atoms with E-state index in [4.69, 9.17) is 9.57 Å². The molecule has 1 aromatic carbocycles. The average molecular weight is 330 g/mol. The summed E-state index contributed by atoms with van der Waals surface area (Å²) in [4.78, 5) is 6.75. The van der Waals surface area contributed by atoms with Gasteiger partial charge in [0.15, 0.2) is 0 Å². The third-order valence-corrected chi connectivity index (χ3v) is 4.07. The maximum atomic E-state index is 5.76. The van der Waals surface area contributed by atoms with Crippen molar-refractivity contribution in [2.24, 2.45) is 0 Å². The van der Waals surface area contributed by atoms with Gasteiger partial charge in [0.2, 0.25) is 0 Å². The maximum absolute atomic E-state index is 5.76. The summed E-state index contributed by atoms with van der Waals surface area (Å²) in [5, 5.41) is 0. The molecule has 0 bridgehead atoms. The first-order valence-electron chi connectivity index (χ1n) is 5.76. The first kappa shape index (κ1) is 13.8. The Morgan fingerprint density at radius 2 is 2.28 bits per heavy atom. The van der Waals surface area contributed by atoms with E-state index in [1.165, 1.54) is 4.90 Å². The number of nitrogens with one attached hydrogen (secondary N) is 1. The topological polar surface area (TPSA) is 30.5 Å². The predicted molar refractivity (Wildman–Crippen MR) is 77.8 cm³/mol. The molecule has 1 heterocycles. The second-order valence-electron chi connectivity index (χ2n) is 3.92. The first-order chi connectivity index (χ1) is 8.67. The summed E-state index contributed by atoms with van der Waals surface area (Å²) in [5.41, 5.74) is 4.98. The minimum absolute atomic E-state index is 0.105. The molecule has 1 N–H and O–H groups in total. The van der Waals surface area contributed by atoms with Crippen molar-refractivity contribution in [3.63, 3.8) is 0 Å². The smallest absolute Gasteiger partial charge is 0.140 e. The molecule has 5 heteroatoms. The van der Waals surface area contributed by atoms with Crippen molar-refractivity contribution in [3.05, 3.63) is 33.9 Å². The van der Waals surface area contributed by atoms with Crippen LogP contribution in [-0.2, 0) is 4.84 Å². The minimum Gasteiger partial charge on any atom is -0.492 e. The van der Waals surface area contributed by atoms with Gasteiger partial charge in [-0.3, -0.25) is 10.3 Å². The molecule has 1 aromatic rings. The molecule has 0 fully saturated rings. The van der Waals surface area contributed by atoms with Crippen molar-refractivity contribution in [2.45, 2.75) is 24.8 Å². The number of hydrogen-bond acceptors (Lipinski definition) is 4. The highest BCUT2D eigenvalue weighted by atomic mass is 79.9. The monoisotopic (exact) mass is 329 g/mol. The zero-order chi connectivity index (χ0) is 13.1. The lowest BCUT2D eigenvalue weighted by Crippen LogP contribution is -2.09. The van der Waals surface area contributed by atoms with Crippen LogP contribution < -0.4 is 10.2 Å². The fraction of sp³-hybridized carbons (Fsp3) is 0.385. The van der Waals surface area contributed by atoms with Crippen molar-refractivity contribution in [1.29, 1.82) is 0 Å². The standard InChI is InChI=1S/C13H16BrNO2S/c1-4-16-13-9(14)5-6-11(18-3)12(13)10-7-8(2)15-17-10/h5-7,10,15H,4H2,1-3H3. The molecule has 0 saturated carbocycles. The molecule has 1 atom stereocenters. The van der Waals surface area contributed by atoms with Crippen LogP contribution in [0.4, 0.5) is 0 Å². The van der Waals surface area contributed by atoms with Crippen LogP contribution in [0.3, 0.4) is 0 Å². The fourth-order valence-electron chi connectivity index (χ4n) is 1.89. The SMILES string of the molecule is CCOc1c(Br)ccc(SC)c1C1C=C(C)NO1. The van der Waals surface area contributed by atoms with E-state index in [2.05, 4.69) is 39.8 Å². The van der Waals surface area contributed by atoms with Gasteiger partial charge >= 0.3 is 0 Å². The molecule has 0 aromatic heterocycles. The molecule has 0 radical (unpaired) electrons. The Labute approximate surface area is 120 Å². The van der Waals surface area contributed by atoms with Crippen LogP contribution in [0.1, 0.15) is 25.5 Å². The van der Waals surface area contributed by atoms with E-state index in [0.717, 1.165) is 21.5 Å². The van der Waals surface area contributed by atoms with Crippen molar-refractivity contribution in [3.8, 4) is 5.75 Å². The predicted octanol–water partition coefficient (Wildman–Crippen LogP) is 4.05. The van der Waals surface area contributed by atoms with Crippen molar-refractivity contribution in [1.82, 2.24) is 5.48 Å². The van der Waals surface area contributed by atoms with Crippen molar-refractivity contribution < 1.29 is 9.57 Å². The highest BCUT2D eigenvalue weighted by Crippen LogP contribution is 2.42. The number of halogens is 1. The Balaban J connectivity index is 2.50. The third kappa shape index (κ3) is 2.68. The van der Waals surface area contributed by atoms with Crippen LogP contribution in [0.15, 0.2) is 33.3 Å². The van der Waals surface area contributed by atoms with E-state index in [1.54, 1.807) is 11.8 Å². The molecule has 98 valence electrons. The number of allylic oxidation sites excluding steroid dienone is 1. The largest absolute Gasteiger partial charge is 0.492 e. The van der Waals surface area contributed by atoms with Gasteiger partial charge in [-0.1, -0.05) is 0 Å². The Morgan fingerprint density at radius 1 is 1.50 bits per heavy atom. The van der Waals surface area contributed by atoms with Crippen molar-refractivity contribution >= 4 is 27.7 Å². The lowest BCUT2D eigenvalue weighted by atomic mass is 10.1. The maximum Gasteiger partial charge on any atom is 0.140 e. The molecule has 2 rings (SSSR count). The first-order valence-corrected chi connectivity index (χ1v) is 7.78. The summed E-state index contributed by atoms with van der Waals surface area (Å²) in [6.07, 6.45) is 4.01. The minimum atomic E-state index is -0.105. The van der Waals surface area contributed by atoms with Crippen LogP contribution in [-0.4, -0.2) is 12.9 Å². The Hall–Kier alpha value is -0.650. The summed E-state index contributed by atoms with van der Waals surface area (Å²) in [6.45, 7) is 4.60. The average Bonchev–Trinajstić information content (AvgIpc) is 2.78. The van der Waals surface area contributed by atoms with E-state index in [-0.39, 0.29) is 6.10 Å². The highest BCUT2D eigenvalue weighted by Gasteiger charge is 2.25. The van der Waals surface area contributed by atoms with Crippen molar-refractivity contribution in [2.75, 3.05) is 12.9 Å². The second-order valence-corrected chi connectivity index (χ2v) is 5.62. The lowest BCUT2D eigenvalue weighted by Gasteiger charge is -2.18. The van der Waals surface area contributed by atoms with Gasteiger partial charge in [-0.2, -0.15) is 0 Å². The highest BCUT2D eigenvalue weighted by molar-refractivity contribution is 9.10. The molecule has 1 unspecified atom stereocenters. The quantitative estimate of drug-likeness (QED) is 0.844. The van der Waals surface area contributed by atoms with Crippen LogP contribution in [0.25, 0.3) is 0 Å². The van der Waals surface area contributed by atoms with Gasteiger partial charge in [-0.25, -0.2) is 0 Å². The Morgan fingerprint density at radius 3 is 2.83 bits per heavy atom. The van der Waals surface area contributed by atoms with E-state index in [0.29, 0.717) is 6.61 Å². The van der Waals surface area contributed by atoms with Gasteiger partial charge < -0.3 is 4.74 Å². The molecular weight excluding hydrogens is 314 g/mol. The molecule has 0 spiro atoms. The summed E-state index contributed by atoms with van der Waals surface area (Å²) in [6, 6.07) is 4.09. The van der Waals surface area contributed by atoms with Crippen LogP contribution in [0.5, 0.6) is 5.75 Å². The van der Waals surface area contributed by atoms with E-state index in [9.17, 15) is 0 Å². The number of ether oxygens (including phenoxy) is 1. The molecule has 0 saturated heterocycles. The number of rotatable bonds is 4. The lowest BCUT2D eigenvalue weighted by molar-refractivity contribution is 0.0390. The van der Waals surface area contributed by atoms with Gasteiger partial charge in [-0.15, -0.1) is 11.8 Å². The van der Waals surface area contributed by atoms with Gasteiger partial charge in [0, 0.05) is 16.2 Å². The molecule has 3 nitrogen and oxygen atoms in total. The van der Waals surface area contributed by atoms with E-state index in [1.807, 2.05) is 19.9 Å². The van der Waals surface area contributed by atoms with Crippen LogP contribution in [0.2, 0.25) is 0 Å². The second kappa shape index (κ2) is 5.99. The fourth-order valence-corrected chi connectivity index (χ4v) is 2.98. The normalized spacial score (nSPS) is 18.4. The van der Waals surface area contributed by atoms with Gasteiger partial charge in [0.1, 0.15) is 11.9 Å². The Kier molecular flexibility index (Phi) is 4.59. The zero-order valence-corrected chi connectivity index (χ0v) is 13.0. The van der Waals surface area contributed by atoms with Gasteiger partial charge in [-0.05, 0) is 54.2 Å². The summed E-state index contributed by atoms with van der Waals surface area (Å²) < 4.78 is 6.72. The number of hydroxylamine groups is 1. The third-order valence-electron chi connectivity index (χ3n) is 2.65. The summed E-state index contributed by atoms with van der Waals surface area (Å²) >= 11 is 5.24. The van der Waals surface area contributed by atoms with Crippen LogP contribution >= 0.6 is 27.7 Å². The summed E-state index contributed by atoms with van der Waals surface area (Å²) in [7, 11) is 0. The molecule has 1 aliphatic rings. The molecule has 18 heavy (non-hydrogen) atoms. The molecule has 1 aliphatic heterocycles. The van der Waals surface area contributed by atoms with Gasteiger partial charge in [0.05, 0.1) is 11.1 Å². The Bertz CT molecular complexity index is 476.